The highest BCUT2D eigenvalue weighted by Gasteiger charge is 2.23. The summed E-state index contributed by atoms with van der Waals surface area (Å²) >= 11 is 0. The van der Waals surface area contributed by atoms with Crippen molar-refractivity contribution in [3.8, 4) is 11.4 Å². The van der Waals surface area contributed by atoms with E-state index in [1.54, 1.807) is 24.8 Å². The van der Waals surface area contributed by atoms with Gasteiger partial charge in [0, 0.05) is 44.9 Å². The lowest BCUT2D eigenvalue weighted by molar-refractivity contribution is 0.408. The molecule has 4 rings (SSSR count). The standard InChI is InChI=1S/C19H23N7/c1-14-24-11-17(25(14)2)19-16(21-7-8-23-19)10-15-4-3-9-26(13-15)18-12-20-5-6-22-18/h5-8,11-12,15H,3-4,9-10,13H2,1-2H3/t15-/m1/s1. The maximum Gasteiger partial charge on any atom is 0.147 e. The van der Waals surface area contributed by atoms with Crippen molar-refractivity contribution < 1.29 is 0 Å². The minimum atomic E-state index is 0.524. The molecule has 0 saturated carbocycles. The fourth-order valence-electron chi connectivity index (χ4n) is 3.62. The fraction of sp³-hybridized carbons (Fsp3) is 0.421. The number of aromatic nitrogens is 6. The molecule has 0 spiro atoms. The molecule has 7 heteroatoms. The lowest BCUT2D eigenvalue weighted by Gasteiger charge is -2.33. The predicted octanol–water partition coefficient (Wildman–Crippen LogP) is 2.43. The molecule has 0 radical (unpaired) electrons. The average molecular weight is 349 g/mol. The van der Waals surface area contributed by atoms with Crippen LogP contribution in [0.1, 0.15) is 24.4 Å². The molecule has 4 heterocycles. The van der Waals surface area contributed by atoms with Crippen LogP contribution in [0.3, 0.4) is 0 Å². The van der Waals surface area contributed by atoms with E-state index in [0.29, 0.717) is 5.92 Å². The lowest BCUT2D eigenvalue weighted by atomic mass is 9.92. The summed E-state index contributed by atoms with van der Waals surface area (Å²) < 4.78 is 2.07. The predicted molar refractivity (Wildman–Crippen MR) is 99.6 cm³/mol. The number of hydrogen-bond donors (Lipinski definition) is 0. The minimum Gasteiger partial charge on any atom is -0.355 e. The smallest absolute Gasteiger partial charge is 0.147 e. The zero-order chi connectivity index (χ0) is 17.9. The molecule has 1 atom stereocenters. The van der Waals surface area contributed by atoms with Gasteiger partial charge in [-0.15, -0.1) is 0 Å². The summed E-state index contributed by atoms with van der Waals surface area (Å²) in [6.45, 7) is 4.00. The molecule has 26 heavy (non-hydrogen) atoms. The van der Waals surface area contributed by atoms with E-state index < -0.39 is 0 Å². The van der Waals surface area contributed by atoms with Gasteiger partial charge in [0.25, 0.3) is 0 Å². The summed E-state index contributed by atoms with van der Waals surface area (Å²) in [5, 5.41) is 0. The molecule has 3 aromatic heterocycles. The molecule has 0 aromatic carbocycles. The van der Waals surface area contributed by atoms with E-state index in [0.717, 1.165) is 54.7 Å². The van der Waals surface area contributed by atoms with Crippen LogP contribution in [0.2, 0.25) is 0 Å². The zero-order valence-corrected chi connectivity index (χ0v) is 15.2. The Labute approximate surface area is 153 Å². The van der Waals surface area contributed by atoms with E-state index in [1.165, 1.54) is 6.42 Å². The summed E-state index contributed by atoms with van der Waals surface area (Å²) in [6, 6.07) is 0. The van der Waals surface area contributed by atoms with Crippen LogP contribution >= 0.6 is 0 Å². The van der Waals surface area contributed by atoms with Gasteiger partial charge in [-0.2, -0.15) is 0 Å². The van der Waals surface area contributed by atoms with E-state index in [-0.39, 0.29) is 0 Å². The quantitative estimate of drug-likeness (QED) is 0.720. The van der Waals surface area contributed by atoms with Gasteiger partial charge in [-0.05, 0) is 32.1 Å². The topological polar surface area (TPSA) is 72.6 Å². The number of nitrogens with zero attached hydrogens (tertiary/aromatic N) is 7. The van der Waals surface area contributed by atoms with Crippen LogP contribution in [0.4, 0.5) is 5.82 Å². The molecule has 3 aromatic rings. The summed E-state index contributed by atoms with van der Waals surface area (Å²) in [7, 11) is 2.02. The molecule has 7 nitrogen and oxygen atoms in total. The Morgan fingerprint density at radius 2 is 1.88 bits per heavy atom. The third-order valence-corrected chi connectivity index (χ3v) is 5.11. The largest absolute Gasteiger partial charge is 0.355 e. The Bertz CT molecular complexity index is 875. The second-order valence-corrected chi connectivity index (χ2v) is 6.82. The van der Waals surface area contributed by atoms with Crippen LogP contribution in [-0.2, 0) is 13.5 Å². The molecule has 134 valence electrons. The Morgan fingerprint density at radius 1 is 1.04 bits per heavy atom. The molecular formula is C19H23N7. The third-order valence-electron chi connectivity index (χ3n) is 5.11. The number of aryl methyl sites for hydroxylation is 1. The van der Waals surface area contributed by atoms with Gasteiger partial charge in [0.2, 0.25) is 0 Å². The van der Waals surface area contributed by atoms with E-state index in [1.807, 2.05) is 26.4 Å². The first-order valence-corrected chi connectivity index (χ1v) is 9.02. The van der Waals surface area contributed by atoms with Crippen molar-refractivity contribution in [3.05, 3.63) is 48.7 Å². The van der Waals surface area contributed by atoms with Crippen molar-refractivity contribution in [3.63, 3.8) is 0 Å². The molecule has 1 aliphatic rings. The molecule has 1 aliphatic heterocycles. The Kier molecular flexibility index (Phi) is 4.60. The molecule has 0 aliphatic carbocycles. The zero-order valence-electron chi connectivity index (χ0n) is 15.2. The number of anilines is 1. The van der Waals surface area contributed by atoms with Gasteiger partial charge in [-0.3, -0.25) is 15.0 Å². The van der Waals surface area contributed by atoms with Crippen molar-refractivity contribution in [1.29, 1.82) is 0 Å². The monoisotopic (exact) mass is 349 g/mol. The molecular weight excluding hydrogens is 326 g/mol. The average Bonchev–Trinajstić information content (AvgIpc) is 3.02. The highest BCUT2D eigenvalue weighted by Crippen LogP contribution is 2.27. The number of hydrogen-bond acceptors (Lipinski definition) is 6. The summed E-state index contributed by atoms with van der Waals surface area (Å²) in [5.41, 5.74) is 3.00. The molecule has 0 N–H and O–H groups in total. The Morgan fingerprint density at radius 3 is 2.65 bits per heavy atom. The van der Waals surface area contributed by atoms with E-state index in [9.17, 15) is 0 Å². The number of piperidine rings is 1. The molecule has 0 amide bonds. The van der Waals surface area contributed by atoms with Crippen molar-refractivity contribution >= 4 is 5.82 Å². The van der Waals surface area contributed by atoms with Crippen molar-refractivity contribution in [2.24, 2.45) is 13.0 Å². The first-order chi connectivity index (χ1) is 12.7. The van der Waals surface area contributed by atoms with Gasteiger partial charge in [0.1, 0.15) is 17.3 Å². The van der Waals surface area contributed by atoms with Crippen LogP contribution in [0.15, 0.2) is 37.2 Å². The van der Waals surface area contributed by atoms with Crippen molar-refractivity contribution in [2.45, 2.75) is 26.2 Å². The number of imidazole rings is 1. The highest BCUT2D eigenvalue weighted by atomic mass is 15.2. The summed E-state index contributed by atoms with van der Waals surface area (Å²) in [6.07, 6.45) is 14.0. The van der Waals surface area contributed by atoms with E-state index in [2.05, 4.69) is 34.4 Å². The summed E-state index contributed by atoms with van der Waals surface area (Å²) in [5.74, 6) is 2.46. The van der Waals surface area contributed by atoms with Crippen molar-refractivity contribution in [2.75, 3.05) is 18.0 Å². The van der Waals surface area contributed by atoms with Crippen molar-refractivity contribution in [1.82, 2.24) is 29.5 Å². The first-order valence-electron chi connectivity index (χ1n) is 9.02. The van der Waals surface area contributed by atoms with E-state index in [4.69, 9.17) is 0 Å². The fourth-order valence-corrected chi connectivity index (χ4v) is 3.62. The summed E-state index contributed by atoms with van der Waals surface area (Å²) in [4.78, 5) is 24.6. The molecule has 1 fully saturated rings. The molecule has 0 unspecified atom stereocenters. The van der Waals surface area contributed by atoms with Crippen LogP contribution in [-0.4, -0.2) is 42.6 Å². The van der Waals surface area contributed by atoms with Gasteiger partial charge < -0.3 is 9.47 Å². The second-order valence-electron chi connectivity index (χ2n) is 6.82. The normalized spacial score (nSPS) is 17.5. The van der Waals surface area contributed by atoms with E-state index >= 15 is 0 Å². The minimum absolute atomic E-state index is 0.524. The van der Waals surface area contributed by atoms with Crippen LogP contribution < -0.4 is 4.90 Å². The van der Waals surface area contributed by atoms with Crippen LogP contribution in [0, 0.1) is 12.8 Å². The Hall–Kier alpha value is -2.83. The maximum absolute atomic E-state index is 4.65. The van der Waals surface area contributed by atoms with Gasteiger partial charge in [0.15, 0.2) is 0 Å². The van der Waals surface area contributed by atoms with Gasteiger partial charge in [-0.25, -0.2) is 9.97 Å². The maximum atomic E-state index is 4.65. The van der Waals surface area contributed by atoms with Gasteiger partial charge >= 0.3 is 0 Å². The van der Waals surface area contributed by atoms with Crippen LogP contribution in [0.5, 0.6) is 0 Å². The SMILES string of the molecule is Cc1ncc(-c2nccnc2C[C@H]2CCCN(c3cnccn3)C2)n1C. The molecule has 0 bridgehead atoms. The van der Waals surface area contributed by atoms with Gasteiger partial charge in [0.05, 0.1) is 23.8 Å². The third kappa shape index (κ3) is 3.29. The van der Waals surface area contributed by atoms with Gasteiger partial charge in [-0.1, -0.05) is 0 Å². The number of rotatable bonds is 4. The van der Waals surface area contributed by atoms with Crippen LogP contribution in [0.25, 0.3) is 11.4 Å². The molecule has 1 saturated heterocycles. The first kappa shape index (κ1) is 16.6. The Balaban J connectivity index is 1.55. The lowest BCUT2D eigenvalue weighted by Crippen LogP contribution is -2.37. The second kappa shape index (κ2) is 7.19. The highest BCUT2D eigenvalue weighted by molar-refractivity contribution is 5.57.